The minimum atomic E-state index is -0.408. The van der Waals surface area contributed by atoms with Crippen LogP contribution in [0.1, 0.15) is 12.0 Å². The predicted octanol–water partition coefficient (Wildman–Crippen LogP) is 3.08. The van der Waals surface area contributed by atoms with Gasteiger partial charge in [-0.1, -0.05) is 40.9 Å². The number of hydrogen-bond donors (Lipinski definition) is 1. The van der Waals surface area contributed by atoms with Crippen LogP contribution in [0.15, 0.2) is 42.5 Å². The molecule has 3 rings (SSSR count). The summed E-state index contributed by atoms with van der Waals surface area (Å²) in [4.78, 5) is 26.0. The topological polar surface area (TPSA) is 54.0 Å². The number of nitrogens with two attached hydrogens (primary N) is 1. The number of hydrogen-bond acceptors (Lipinski definition) is 2. The average molecular weight is 399 g/mol. The molecule has 1 fully saturated rings. The van der Waals surface area contributed by atoms with Crippen LogP contribution >= 0.6 is 34.8 Å². The summed E-state index contributed by atoms with van der Waals surface area (Å²) >= 11 is 17.9. The van der Waals surface area contributed by atoms with E-state index in [9.17, 15) is 9.59 Å². The van der Waals surface area contributed by atoms with Gasteiger partial charge in [-0.3, -0.25) is 9.59 Å². The number of halogens is 3. The van der Waals surface area contributed by atoms with E-state index in [0.717, 1.165) is 5.56 Å². The number of amides is 2. The molecule has 1 heterocycles. The molecule has 0 spiro atoms. The first-order valence-corrected chi connectivity index (χ1v) is 8.98. The van der Waals surface area contributed by atoms with Gasteiger partial charge in [0.05, 0.1) is 18.7 Å². The van der Waals surface area contributed by atoms with Crippen LogP contribution in [0.4, 0.5) is 5.69 Å². The number of quaternary nitrogens is 1. The first-order valence-electron chi connectivity index (χ1n) is 7.85. The quantitative estimate of drug-likeness (QED) is 0.787. The number of carbonyl (C=O) groups excluding carboxylic acids is 2. The standard InChI is InChI=1S/C18H15Cl3N2O2/c19-12-3-5-14(6-4-12)23-17(24)10-16(18(23)25)22-8-7-11-1-2-13(20)9-15(11)21/h1-6,9,16,22H,7-8,10H2/p+1/t16-/m0/s1. The van der Waals surface area contributed by atoms with Crippen molar-refractivity contribution in [3.63, 3.8) is 0 Å². The third-order valence-corrected chi connectivity index (χ3v) is 4.99. The van der Waals surface area contributed by atoms with Crippen molar-refractivity contribution < 1.29 is 14.9 Å². The lowest BCUT2D eigenvalue weighted by Crippen LogP contribution is -2.92. The van der Waals surface area contributed by atoms with Crippen molar-refractivity contribution in [2.24, 2.45) is 0 Å². The second-order valence-corrected chi connectivity index (χ2v) is 7.14. The first kappa shape index (κ1) is 18.2. The lowest BCUT2D eigenvalue weighted by molar-refractivity contribution is -0.674. The number of carbonyl (C=O) groups is 2. The lowest BCUT2D eigenvalue weighted by Gasteiger charge is -2.14. The molecule has 1 saturated heterocycles. The highest BCUT2D eigenvalue weighted by Crippen LogP contribution is 2.24. The van der Waals surface area contributed by atoms with E-state index in [-0.39, 0.29) is 18.2 Å². The Labute approximate surface area is 160 Å². The van der Waals surface area contributed by atoms with E-state index in [1.165, 1.54) is 4.90 Å². The van der Waals surface area contributed by atoms with Crippen molar-refractivity contribution in [3.8, 4) is 0 Å². The van der Waals surface area contributed by atoms with Gasteiger partial charge in [0.15, 0.2) is 6.04 Å². The van der Waals surface area contributed by atoms with Crippen LogP contribution in [0, 0.1) is 0 Å². The summed E-state index contributed by atoms with van der Waals surface area (Å²) in [6.45, 7) is 0.652. The molecule has 0 radical (unpaired) electrons. The second-order valence-electron chi connectivity index (χ2n) is 5.86. The highest BCUT2D eigenvalue weighted by Gasteiger charge is 2.42. The molecule has 0 aromatic heterocycles. The molecule has 4 nitrogen and oxygen atoms in total. The average Bonchev–Trinajstić information content (AvgIpc) is 2.85. The summed E-state index contributed by atoms with van der Waals surface area (Å²) in [6.07, 6.45) is 0.880. The number of benzene rings is 2. The molecule has 1 aliphatic heterocycles. The van der Waals surface area contributed by atoms with E-state index in [4.69, 9.17) is 34.8 Å². The van der Waals surface area contributed by atoms with Crippen LogP contribution in [0.5, 0.6) is 0 Å². The van der Waals surface area contributed by atoms with Crippen molar-refractivity contribution in [2.75, 3.05) is 11.4 Å². The van der Waals surface area contributed by atoms with E-state index in [2.05, 4.69) is 0 Å². The molecular formula is C18H16Cl3N2O2+. The Morgan fingerprint density at radius 1 is 1.00 bits per heavy atom. The number of rotatable bonds is 5. The zero-order chi connectivity index (χ0) is 18.0. The minimum Gasteiger partial charge on any atom is -0.335 e. The van der Waals surface area contributed by atoms with Gasteiger partial charge in [-0.25, -0.2) is 4.90 Å². The molecule has 2 aromatic carbocycles. The molecule has 25 heavy (non-hydrogen) atoms. The van der Waals surface area contributed by atoms with E-state index in [1.807, 2.05) is 11.4 Å². The van der Waals surface area contributed by atoms with Crippen LogP contribution in [0.25, 0.3) is 0 Å². The first-order chi connectivity index (χ1) is 12.0. The third kappa shape index (κ3) is 4.15. The van der Waals surface area contributed by atoms with Gasteiger partial charge >= 0.3 is 0 Å². The monoisotopic (exact) mass is 397 g/mol. The Balaban J connectivity index is 1.61. The molecule has 130 valence electrons. The van der Waals surface area contributed by atoms with Gasteiger partial charge in [-0.2, -0.15) is 0 Å². The maximum atomic E-state index is 12.6. The van der Waals surface area contributed by atoms with Crippen LogP contribution in [-0.4, -0.2) is 24.4 Å². The normalized spacial score (nSPS) is 17.4. The summed E-state index contributed by atoms with van der Waals surface area (Å²) in [5.74, 6) is -0.396. The van der Waals surface area contributed by atoms with Crippen molar-refractivity contribution >= 4 is 52.3 Å². The van der Waals surface area contributed by atoms with Crippen LogP contribution in [-0.2, 0) is 16.0 Å². The molecule has 0 saturated carbocycles. The van der Waals surface area contributed by atoms with Crippen LogP contribution in [0.2, 0.25) is 15.1 Å². The highest BCUT2D eigenvalue weighted by molar-refractivity contribution is 6.35. The molecular weight excluding hydrogens is 383 g/mol. The molecule has 2 N–H and O–H groups in total. The predicted molar refractivity (Wildman–Crippen MR) is 99.3 cm³/mol. The van der Waals surface area contributed by atoms with Crippen molar-refractivity contribution in [1.82, 2.24) is 0 Å². The van der Waals surface area contributed by atoms with Gasteiger partial charge in [0, 0.05) is 21.5 Å². The Kier molecular flexibility index (Phi) is 5.64. The van der Waals surface area contributed by atoms with Gasteiger partial charge in [-0.15, -0.1) is 0 Å². The number of anilines is 1. The van der Waals surface area contributed by atoms with Crippen molar-refractivity contribution in [3.05, 3.63) is 63.1 Å². The van der Waals surface area contributed by atoms with Gasteiger partial charge in [0.2, 0.25) is 5.91 Å². The third-order valence-electron chi connectivity index (χ3n) is 4.15. The van der Waals surface area contributed by atoms with Crippen molar-refractivity contribution in [1.29, 1.82) is 0 Å². The summed E-state index contributed by atoms with van der Waals surface area (Å²) in [7, 11) is 0. The fourth-order valence-electron chi connectivity index (χ4n) is 2.87. The van der Waals surface area contributed by atoms with E-state index in [1.54, 1.807) is 36.4 Å². The number of imide groups is 1. The SMILES string of the molecule is O=C1C[C@H]([NH2+]CCc2ccc(Cl)cc2Cl)C(=O)N1c1ccc(Cl)cc1. The minimum absolute atomic E-state index is 0.190. The molecule has 0 bridgehead atoms. The van der Waals surface area contributed by atoms with Gasteiger partial charge < -0.3 is 5.32 Å². The summed E-state index contributed by atoms with van der Waals surface area (Å²) in [5.41, 5.74) is 1.52. The molecule has 0 unspecified atom stereocenters. The van der Waals surface area contributed by atoms with Gasteiger partial charge in [-0.05, 0) is 42.0 Å². The maximum Gasteiger partial charge on any atom is 0.292 e. The Morgan fingerprint density at radius 2 is 1.68 bits per heavy atom. The lowest BCUT2D eigenvalue weighted by atomic mass is 10.1. The van der Waals surface area contributed by atoms with Crippen molar-refractivity contribution in [2.45, 2.75) is 18.9 Å². The van der Waals surface area contributed by atoms with E-state index >= 15 is 0 Å². The van der Waals surface area contributed by atoms with Crippen LogP contribution in [0.3, 0.4) is 0 Å². The molecule has 2 aromatic rings. The zero-order valence-electron chi connectivity index (χ0n) is 13.2. The maximum absolute atomic E-state index is 12.6. The fourth-order valence-corrected chi connectivity index (χ4v) is 3.49. The smallest absolute Gasteiger partial charge is 0.292 e. The van der Waals surface area contributed by atoms with Crippen LogP contribution < -0.4 is 10.2 Å². The van der Waals surface area contributed by atoms with E-state index < -0.39 is 6.04 Å². The van der Waals surface area contributed by atoms with E-state index in [0.29, 0.717) is 33.7 Å². The molecule has 0 aliphatic carbocycles. The number of nitrogens with zero attached hydrogens (tertiary/aromatic N) is 1. The molecule has 1 aliphatic rings. The summed E-state index contributed by atoms with van der Waals surface area (Å²) in [5, 5.41) is 3.65. The Morgan fingerprint density at radius 3 is 2.36 bits per heavy atom. The van der Waals surface area contributed by atoms with Gasteiger partial charge in [0.1, 0.15) is 0 Å². The second kappa shape index (κ2) is 7.75. The molecule has 2 amide bonds. The largest absolute Gasteiger partial charge is 0.335 e. The summed E-state index contributed by atoms with van der Waals surface area (Å²) in [6, 6.07) is 11.6. The zero-order valence-corrected chi connectivity index (χ0v) is 15.5. The summed E-state index contributed by atoms with van der Waals surface area (Å²) < 4.78 is 0. The Bertz CT molecular complexity index is 808. The fraction of sp³-hybridized carbons (Fsp3) is 0.222. The Hall–Kier alpha value is -1.59. The van der Waals surface area contributed by atoms with Gasteiger partial charge in [0.25, 0.3) is 5.91 Å². The molecule has 1 atom stereocenters. The molecule has 7 heteroatoms. The highest BCUT2D eigenvalue weighted by atomic mass is 35.5.